The van der Waals surface area contributed by atoms with Gasteiger partial charge < -0.3 is 10.5 Å². The summed E-state index contributed by atoms with van der Waals surface area (Å²) in [5.41, 5.74) is 8.35. The maximum absolute atomic E-state index is 6.14. The third-order valence-corrected chi connectivity index (χ3v) is 2.99. The van der Waals surface area contributed by atoms with E-state index in [4.69, 9.17) is 22.1 Å². The van der Waals surface area contributed by atoms with Gasteiger partial charge in [0.1, 0.15) is 5.75 Å². The number of nitrogens with two attached hydrogens (primary N) is 1. The van der Waals surface area contributed by atoms with E-state index < -0.39 is 0 Å². The highest BCUT2D eigenvalue weighted by atomic mass is 35.5. The van der Waals surface area contributed by atoms with E-state index in [1.54, 1.807) is 0 Å². The zero-order chi connectivity index (χ0) is 12.1. The summed E-state index contributed by atoms with van der Waals surface area (Å²) in [6.45, 7) is 6.74. The van der Waals surface area contributed by atoms with E-state index in [1.807, 2.05) is 19.1 Å². The Morgan fingerprint density at radius 3 is 2.53 bits per heavy atom. The van der Waals surface area contributed by atoms with Crippen LogP contribution in [0.3, 0.4) is 0 Å². The van der Waals surface area contributed by atoms with Crippen molar-refractivity contribution in [2.75, 3.05) is 6.61 Å². The van der Waals surface area contributed by atoms with Crippen LogP contribution < -0.4 is 10.5 Å². The molecule has 1 aromatic rings. The summed E-state index contributed by atoms with van der Waals surface area (Å²) in [4.78, 5) is 0. The van der Waals surface area contributed by atoms with E-state index in [1.165, 1.54) is 11.1 Å². The molecule has 2 N–H and O–H groups in total. The number of ether oxygens (including phenoxy) is 1. The fraction of sp³-hybridized carbons (Fsp3) is 0.538. The van der Waals surface area contributed by atoms with Gasteiger partial charge in [-0.25, -0.2) is 0 Å². The number of benzene rings is 1. The van der Waals surface area contributed by atoms with Crippen molar-refractivity contribution in [3.63, 3.8) is 0 Å². The molecule has 0 spiro atoms. The van der Waals surface area contributed by atoms with Gasteiger partial charge in [-0.05, 0) is 49.9 Å². The molecular formula is C13H21Cl2NO. The Kier molecular flexibility index (Phi) is 7.60. The van der Waals surface area contributed by atoms with Crippen molar-refractivity contribution in [2.24, 2.45) is 5.73 Å². The van der Waals surface area contributed by atoms with Crippen LogP contribution in [-0.4, -0.2) is 12.6 Å². The van der Waals surface area contributed by atoms with Crippen LogP contribution >= 0.6 is 24.0 Å². The highest BCUT2D eigenvalue weighted by Crippen LogP contribution is 2.28. The highest BCUT2D eigenvalue weighted by Gasteiger charge is 2.09. The minimum Gasteiger partial charge on any atom is -0.492 e. The van der Waals surface area contributed by atoms with E-state index in [9.17, 15) is 0 Å². The standard InChI is InChI=1S/C13H20ClNO.ClH/c1-4-11(15)7-10-8-12(14)13(16-5-2)6-9(10)3;/h6,8,11H,4-5,7,15H2,1-3H3;1H. The van der Waals surface area contributed by atoms with Gasteiger partial charge in [-0.3, -0.25) is 0 Å². The molecule has 98 valence electrons. The first-order chi connectivity index (χ1) is 7.58. The summed E-state index contributed by atoms with van der Waals surface area (Å²) < 4.78 is 5.44. The van der Waals surface area contributed by atoms with Crippen LogP contribution in [0, 0.1) is 6.92 Å². The molecule has 1 rings (SSSR count). The van der Waals surface area contributed by atoms with E-state index in [0.717, 1.165) is 18.6 Å². The van der Waals surface area contributed by atoms with Gasteiger partial charge in [0.2, 0.25) is 0 Å². The average Bonchev–Trinajstić information content (AvgIpc) is 2.25. The maximum atomic E-state index is 6.14. The molecule has 0 aromatic heterocycles. The van der Waals surface area contributed by atoms with Gasteiger partial charge in [-0.2, -0.15) is 0 Å². The first kappa shape index (κ1) is 16.6. The molecule has 0 bridgehead atoms. The Balaban J connectivity index is 0.00000256. The summed E-state index contributed by atoms with van der Waals surface area (Å²) >= 11 is 6.14. The smallest absolute Gasteiger partial charge is 0.138 e. The molecule has 0 saturated heterocycles. The molecule has 1 atom stereocenters. The second-order valence-electron chi connectivity index (χ2n) is 4.01. The minimum absolute atomic E-state index is 0. The van der Waals surface area contributed by atoms with Gasteiger partial charge in [0.05, 0.1) is 11.6 Å². The lowest BCUT2D eigenvalue weighted by Gasteiger charge is -2.14. The summed E-state index contributed by atoms with van der Waals surface area (Å²) in [5.74, 6) is 0.760. The Hall–Kier alpha value is -0.440. The molecule has 0 aliphatic heterocycles. The lowest BCUT2D eigenvalue weighted by Crippen LogP contribution is -2.21. The van der Waals surface area contributed by atoms with Gasteiger partial charge in [0.25, 0.3) is 0 Å². The van der Waals surface area contributed by atoms with E-state index in [0.29, 0.717) is 11.6 Å². The van der Waals surface area contributed by atoms with E-state index in [-0.39, 0.29) is 18.4 Å². The molecular weight excluding hydrogens is 257 g/mol. The highest BCUT2D eigenvalue weighted by molar-refractivity contribution is 6.32. The SMILES string of the molecule is CCOc1cc(C)c(CC(N)CC)cc1Cl.Cl. The average molecular weight is 278 g/mol. The van der Waals surface area contributed by atoms with Crippen LogP contribution in [0.15, 0.2) is 12.1 Å². The fourth-order valence-electron chi connectivity index (χ4n) is 1.61. The van der Waals surface area contributed by atoms with E-state index >= 15 is 0 Å². The third-order valence-electron chi connectivity index (χ3n) is 2.70. The van der Waals surface area contributed by atoms with Gasteiger partial charge in [-0.1, -0.05) is 18.5 Å². The predicted octanol–water partition coefficient (Wildman–Crippen LogP) is 3.75. The molecule has 0 fully saturated rings. The molecule has 0 saturated carbocycles. The molecule has 0 aliphatic rings. The van der Waals surface area contributed by atoms with Crippen molar-refractivity contribution in [3.8, 4) is 5.75 Å². The van der Waals surface area contributed by atoms with Crippen molar-refractivity contribution in [2.45, 2.75) is 39.7 Å². The van der Waals surface area contributed by atoms with Crippen LogP contribution in [0.1, 0.15) is 31.4 Å². The first-order valence-corrected chi connectivity index (χ1v) is 6.13. The lowest BCUT2D eigenvalue weighted by atomic mass is 10.00. The van der Waals surface area contributed by atoms with Crippen LogP contribution in [0.2, 0.25) is 5.02 Å². The molecule has 0 amide bonds. The number of halogens is 2. The quantitative estimate of drug-likeness (QED) is 0.890. The molecule has 0 radical (unpaired) electrons. The third kappa shape index (κ3) is 4.74. The second-order valence-corrected chi connectivity index (χ2v) is 4.42. The summed E-state index contributed by atoms with van der Waals surface area (Å²) in [5, 5.41) is 0.672. The van der Waals surface area contributed by atoms with Crippen LogP contribution in [-0.2, 0) is 6.42 Å². The van der Waals surface area contributed by atoms with Crippen molar-refractivity contribution in [1.82, 2.24) is 0 Å². The molecule has 0 heterocycles. The molecule has 1 unspecified atom stereocenters. The largest absolute Gasteiger partial charge is 0.492 e. The Labute approximate surface area is 115 Å². The monoisotopic (exact) mass is 277 g/mol. The maximum Gasteiger partial charge on any atom is 0.138 e. The summed E-state index contributed by atoms with van der Waals surface area (Å²) in [7, 11) is 0. The van der Waals surface area contributed by atoms with Crippen molar-refractivity contribution >= 4 is 24.0 Å². The van der Waals surface area contributed by atoms with Crippen molar-refractivity contribution < 1.29 is 4.74 Å². The zero-order valence-electron chi connectivity index (χ0n) is 10.6. The van der Waals surface area contributed by atoms with Crippen LogP contribution in [0.4, 0.5) is 0 Å². The van der Waals surface area contributed by atoms with Crippen LogP contribution in [0.25, 0.3) is 0 Å². The molecule has 17 heavy (non-hydrogen) atoms. The van der Waals surface area contributed by atoms with Gasteiger partial charge in [0, 0.05) is 6.04 Å². The Bertz CT molecular complexity index is 356. The first-order valence-electron chi connectivity index (χ1n) is 5.75. The lowest BCUT2D eigenvalue weighted by molar-refractivity contribution is 0.340. The minimum atomic E-state index is 0. The topological polar surface area (TPSA) is 35.2 Å². The molecule has 0 aliphatic carbocycles. The predicted molar refractivity (Wildman–Crippen MR) is 76.6 cm³/mol. The Morgan fingerprint density at radius 2 is 2.00 bits per heavy atom. The zero-order valence-corrected chi connectivity index (χ0v) is 12.2. The summed E-state index contributed by atoms with van der Waals surface area (Å²) in [6, 6.07) is 4.16. The van der Waals surface area contributed by atoms with E-state index in [2.05, 4.69) is 13.8 Å². The van der Waals surface area contributed by atoms with Crippen molar-refractivity contribution in [3.05, 3.63) is 28.3 Å². The normalized spacial score (nSPS) is 11.8. The summed E-state index contributed by atoms with van der Waals surface area (Å²) in [6.07, 6.45) is 1.85. The Morgan fingerprint density at radius 1 is 1.35 bits per heavy atom. The van der Waals surface area contributed by atoms with Gasteiger partial charge >= 0.3 is 0 Å². The molecule has 1 aromatic carbocycles. The number of hydrogen-bond donors (Lipinski definition) is 1. The molecule has 2 nitrogen and oxygen atoms in total. The van der Waals surface area contributed by atoms with Gasteiger partial charge in [0.15, 0.2) is 0 Å². The van der Waals surface area contributed by atoms with Crippen LogP contribution in [0.5, 0.6) is 5.75 Å². The van der Waals surface area contributed by atoms with Gasteiger partial charge in [-0.15, -0.1) is 12.4 Å². The second kappa shape index (κ2) is 7.80. The molecule has 4 heteroatoms. The number of aryl methyl sites for hydroxylation is 1. The number of hydrogen-bond acceptors (Lipinski definition) is 2. The van der Waals surface area contributed by atoms with Crippen molar-refractivity contribution in [1.29, 1.82) is 0 Å². The fourth-order valence-corrected chi connectivity index (χ4v) is 1.85. The number of rotatable bonds is 5.